The first kappa shape index (κ1) is 9.95. The summed E-state index contributed by atoms with van der Waals surface area (Å²) >= 11 is 0. The largest absolute Gasteiger partial charge is 0.272 e. The van der Waals surface area contributed by atoms with Crippen molar-refractivity contribution in [1.82, 2.24) is 20.4 Å². The summed E-state index contributed by atoms with van der Waals surface area (Å²) in [6.45, 7) is 5.81. The third-order valence-electron chi connectivity index (χ3n) is 2.37. The maximum Gasteiger partial charge on any atom is 0.194 e. The van der Waals surface area contributed by atoms with Gasteiger partial charge in [-0.3, -0.25) is 10.0 Å². The molecule has 0 fully saturated rings. The van der Waals surface area contributed by atoms with E-state index in [4.69, 9.17) is 0 Å². The fraction of sp³-hybridized carbons (Fsp3) is 0.667. The lowest BCUT2D eigenvalue weighted by Crippen LogP contribution is -2.38. The molecule has 0 saturated carbocycles. The van der Waals surface area contributed by atoms with Gasteiger partial charge in [0, 0.05) is 6.54 Å². The van der Waals surface area contributed by atoms with Crippen LogP contribution < -0.4 is 5.01 Å². The number of aromatic nitrogens is 3. The van der Waals surface area contributed by atoms with Crippen LogP contribution in [0.1, 0.15) is 26.0 Å². The smallest absolute Gasteiger partial charge is 0.194 e. The van der Waals surface area contributed by atoms with Gasteiger partial charge in [0.05, 0.1) is 0 Å². The topological polar surface area (TPSA) is 60.4 Å². The summed E-state index contributed by atoms with van der Waals surface area (Å²) in [6, 6.07) is 0. The molecule has 0 saturated heterocycles. The van der Waals surface area contributed by atoms with Crippen molar-refractivity contribution in [2.45, 2.75) is 26.7 Å². The highest BCUT2D eigenvalue weighted by molar-refractivity contribution is 5.63. The number of rotatable bonds is 4. The van der Waals surface area contributed by atoms with E-state index in [1.54, 1.807) is 0 Å². The van der Waals surface area contributed by atoms with Crippen LogP contribution in [-0.2, 0) is 6.42 Å². The Morgan fingerprint density at radius 1 is 1.40 bits per heavy atom. The monoisotopic (exact) mass is 208 g/mol. The Morgan fingerprint density at radius 2 is 2.27 bits per heavy atom. The van der Waals surface area contributed by atoms with Gasteiger partial charge >= 0.3 is 0 Å². The van der Waals surface area contributed by atoms with Crippen molar-refractivity contribution in [1.29, 1.82) is 0 Å². The first-order valence-electron chi connectivity index (χ1n) is 5.30. The van der Waals surface area contributed by atoms with E-state index in [9.17, 15) is 0 Å². The van der Waals surface area contributed by atoms with Crippen molar-refractivity contribution in [2.24, 2.45) is 4.99 Å². The standard InChI is InChI=1S/C9H16N6/c1-3-5-14-6-10-7-15(14)9-8(4-2)11-13-12-9/h6H,3-5,7H2,1-2H3,(H,11,12,13). The number of nitrogens with zero attached hydrogens (tertiary/aromatic N) is 5. The third kappa shape index (κ3) is 1.79. The van der Waals surface area contributed by atoms with E-state index < -0.39 is 0 Å². The summed E-state index contributed by atoms with van der Waals surface area (Å²) in [5.74, 6) is 0.892. The summed E-state index contributed by atoms with van der Waals surface area (Å²) in [5.41, 5.74) is 0.988. The van der Waals surface area contributed by atoms with Gasteiger partial charge in [-0.25, -0.2) is 5.01 Å². The van der Waals surface area contributed by atoms with Gasteiger partial charge in [-0.1, -0.05) is 13.8 Å². The minimum absolute atomic E-state index is 0.638. The highest BCUT2D eigenvalue weighted by Gasteiger charge is 2.22. The summed E-state index contributed by atoms with van der Waals surface area (Å²) in [7, 11) is 0. The molecule has 82 valence electrons. The Kier molecular flexibility index (Phi) is 2.84. The third-order valence-corrected chi connectivity index (χ3v) is 2.37. The first-order chi connectivity index (χ1) is 7.36. The van der Waals surface area contributed by atoms with Gasteiger partial charge < -0.3 is 0 Å². The van der Waals surface area contributed by atoms with Crippen LogP contribution in [0.25, 0.3) is 0 Å². The highest BCUT2D eigenvalue weighted by atomic mass is 15.7. The van der Waals surface area contributed by atoms with Gasteiger partial charge in [0.2, 0.25) is 0 Å². The second-order valence-electron chi connectivity index (χ2n) is 3.45. The minimum Gasteiger partial charge on any atom is -0.272 e. The average Bonchev–Trinajstić information content (AvgIpc) is 2.84. The molecule has 0 bridgehead atoms. The molecular weight excluding hydrogens is 192 g/mol. The number of H-pyrrole nitrogens is 1. The van der Waals surface area contributed by atoms with E-state index in [1.807, 2.05) is 11.3 Å². The van der Waals surface area contributed by atoms with Gasteiger partial charge in [0.15, 0.2) is 5.82 Å². The molecule has 0 radical (unpaired) electrons. The molecule has 0 aromatic carbocycles. The van der Waals surface area contributed by atoms with Crippen molar-refractivity contribution in [3.05, 3.63) is 5.69 Å². The lowest BCUT2D eigenvalue weighted by atomic mass is 10.3. The van der Waals surface area contributed by atoms with E-state index in [2.05, 4.69) is 39.3 Å². The van der Waals surface area contributed by atoms with Gasteiger partial charge in [0.1, 0.15) is 18.7 Å². The fourth-order valence-corrected chi connectivity index (χ4v) is 1.64. The van der Waals surface area contributed by atoms with Crippen molar-refractivity contribution in [3.63, 3.8) is 0 Å². The van der Waals surface area contributed by atoms with E-state index in [-0.39, 0.29) is 0 Å². The van der Waals surface area contributed by atoms with E-state index in [1.165, 1.54) is 0 Å². The zero-order valence-corrected chi connectivity index (χ0v) is 9.14. The van der Waals surface area contributed by atoms with Gasteiger partial charge in [-0.05, 0) is 12.8 Å². The van der Waals surface area contributed by atoms with Crippen LogP contribution in [0, 0.1) is 0 Å². The molecule has 1 aromatic heterocycles. The number of nitrogens with one attached hydrogen (secondary N) is 1. The second-order valence-corrected chi connectivity index (χ2v) is 3.45. The van der Waals surface area contributed by atoms with Crippen LogP contribution in [0.3, 0.4) is 0 Å². The van der Waals surface area contributed by atoms with Crippen molar-refractivity contribution in [3.8, 4) is 0 Å². The van der Waals surface area contributed by atoms with E-state index in [0.717, 1.165) is 30.9 Å². The Labute approximate surface area is 89.0 Å². The zero-order chi connectivity index (χ0) is 10.7. The molecule has 1 aromatic rings. The van der Waals surface area contributed by atoms with Crippen LogP contribution in [0.15, 0.2) is 4.99 Å². The lowest BCUT2D eigenvalue weighted by molar-refractivity contribution is 0.417. The van der Waals surface area contributed by atoms with Gasteiger partial charge in [-0.2, -0.15) is 10.3 Å². The Bertz CT molecular complexity index is 344. The molecule has 6 heteroatoms. The van der Waals surface area contributed by atoms with Crippen LogP contribution in [0.2, 0.25) is 0 Å². The number of hydrogen-bond donors (Lipinski definition) is 1. The number of aliphatic imine (C=N–C) groups is 1. The number of aryl methyl sites for hydroxylation is 1. The van der Waals surface area contributed by atoms with Crippen molar-refractivity contribution < 1.29 is 0 Å². The molecule has 15 heavy (non-hydrogen) atoms. The zero-order valence-electron chi connectivity index (χ0n) is 9.14. The quantitative estimate of drug-likeness (QED) is 0.795. The molecule has 0 unspecified atom stereocenters. The fourth-order valence-electron chi connectivity index (χ4n) is 1.64. The summed E-state index contributed by atoms with van der Waals surface area (Å²) in [6.07, 6.45) is 3.82. The summed E-state index contributed by atoms with van der Waals surface area (Å²) in [5, 5.41) is 15.1. The minimum atomic E-state index is 0.638. The normalized spacial score (nSPS) is 15.3. The number of hydrazine groups is 1. The summed E-state index contributed by atoms with van der Waals surface area (Å²) in [4.78, 5) is 4.24. The molecule has 1 aliphatic heterocycles. The Hall–Kier alpha value is -1.59. The number of anilines is 1. The average molecular weight is 208 g/mol. The predicted octanol–water partition coefficient (Wildman–Crippen LogP) is 0.800. The van der Waals surface area contributed by atoms with Crippen LogP contribution in [-0.4, -0.2) is 40.0 Å². The molecule has 1 aliphatic rings. The first-order valence-corrected chi connectivity index (χ1v) is 5.30. The SMILES string of the molecule is CCCN1C=NCN1c1n[nH]nc1CC. The number of aromatic amines is 1. The molecule has 2 rings (SSSR count). The lowest BCUT2D eigenvalue weighted by Gasteiger charge is -2.26. The molecule has 2 heterocycles. The molecule has 1 N–H and O–H groups in total. The predicted molar refractivity (Wildman–Crippen MR) is 58.6 cm³/mol. The van der Waals surface area contributed by atoms with Crippen LogP contribution in [0.5, 0.6) is 0 Å². The molecule has 0 amide bonds. The molecule has 0 aliphatic carbocycles. The molecular formula is C9H16N6. The number of hydrogen-bond acceptors (Lipinski definition) is 5. The highest BCUT2D eigenvalue weighted by Crippen LogP contribution is 2.19. The molecule has 0 atom stereocenters. The van der Waals surface area contributed by atoms with Gasteiger partial charge in [0.25, 0.3) is 0 Å². The summed E-state index contributed by atoms with van der Waals surface area (Å²) < 4.78 is 0. The van der Waals surface area contributed by atoms with Crippen molar-refractivity contribution in [2.75, 3.05) is 18.2 Å². The van der Waals surface area contributed by atoms with Gasteiger partial charge in [-0.15, -0.1) is 5.10 Å². The van der Waals surface area contributed by atoms with Crippen LogP contribution in [0.4, 0.5) is 5.82 Å². The Balaban J connectivity index is 2.16. The van der Waals surface area contributed by atoms with E-state index >= 15 is 0 Å². The molecule has 6 nitrogen and oxygen atoms in total. The maximum absolute atomic E-state index is 4.24. The maximum atomic E-state index is 4.24. The van der Waals surface area contributed by atoms with Crippen LogP contribution >= 0.6 is 0 Å². The van der Waals surface area contributed by atoms with Crippen molar-refractivity contribution >= 4 is 12.2 Å². The van der Waals surface area contributed by atoms with E-state index in [0.29, 0.717) is 6.67 Å². The second kappa shape index (κ2) is 4.29. The molecule has 0 spiro atoms. The Morgan fingerprint density at radius 3 is 3.00 bits per heavy atom.